The Kier molecular flexibility index (Phi) is 6.47. The summed E-state index contributed by atoms with van der Waals surface area (Å²) >= 11 is 7.98. The molecule has 0 spiro atoms. The molecule has 7 heteroatoms. The Bertz CT molecular complexity index is 647. The summed E-state index contributed by atoms with van der Waals surface area (Å²) in [6, 6.07) is 3.79. The molecule has 1 amide bonds. The highest BCUT2D eigenvalue weighted by molar-refractivity contribution is 7.98. The molecule has 2 aromatic heterocycles. The first-order valence-corrected chi connectivity index (χ1v) is 9.32. The fourth-order valence-corrected chi connectivity index (χ4v) is 2.84. The van der Waals surface area contributed by atoms with Crippen molar-refractivity contribution in [2.24, 2.45) is 0 Å². The summed E-state index contributed by atoms with van der Waals surface area (Å²) in [6.07, 6.45) is 8.53. The lowest BCUT2D eigenvalue weighted by atomic mass is 10.2. The molecule has 23 heavy (non-hydrogen) atoms. The van der Waals surface area contributed by atoms with Crippen molar-refractivity contribution in [1.29, 1.82) is 0 Å². The fourth-order valence-electron chi connectivity index (χ4n) is 2.24. The monoisotopic (exact) mass is 352 g/mol. The molecule has 0 saturated carbocycles. The number of hydrogen-bond donors (Lipinski definition) is 0. The predicted octanol–water partition coefficient (Wildman–Crippen LogP) is 3.81. The summed E-state index contributed by atoms with van der Waals surface area (Å²) in [6.45, 7) is 4.08. The molecule has 0 aliphatic rings. The lowest BCUT2D eigenvalue weighted by Crippen LogP contribution is -2.38. The van der Waals surface area contributed by atoms with Gasteiger partial charge in [-0.05, 0) is 31.7 Å². The van der Waals surface area contributed by atoms with E-state index < -0.39 is 0 Å². The molecule has 1 unspecified atom stereocenters. The number of anilines is 1. The number of thioether (sulfide) groups is 1. The molecule has 124 valence electrons. The van der Waals surface area contributed by atoms with E-state index in [4.69, 9.17) is 11.6 Å². The number of carbonyl (C=O) groups excluding carboxylic acids is 1. The molecule has 2 heterocycles. The van der Waals surface area contributed by atoms with Gasteiger partial charge in [0.25, 0.3) is 0 Å². The van der Waals surface area contributed by atoms with Crippen molar-refractivity contribution in [1.82, 2.24) is 14.8 Å². The Hall–Kier alpha value is -1.53. The van der Waals surface area contributed by atoms with Crippen molar-refractivity contribution in [2.45, 2.75) is 32.7 Å². The van der Waals surface area contributed by atoms with Crippen molar-refractivity contribution in [3.63, 3.8) is 0 Å². The minimum Gasteiger partial charge on any atom is -0.305 e. The quantitative estimate of drug-likeness (QED) is 0.760. The third-order valence-corrected chi connectivity index (χ3v) is 4.52. The van der Waals surface area contributed by atoms with Crippen molar-refractivity contribution in [3.8, 4) is 5.69 Å². The summed E-state index contributed by atoms with van der Waals surface area (Å²) in [5.74, 6) is 0.862. The van der Waals surface area contributed by atoms with E-state index in [9.17, 15) is 4.79 Å². The normalized spacial score (nSPS) is 12.2. The number of rotatable bonds is 7. The Morgan fingerprint density at radius 1 is 1.52 bits per heavy atom. The van der Waals surface area contributed by atoms with Gasteiger partial charge in [-0.25, -0.2) is 4.68 Å². The maximum absolute atomic E-state index is 12.6. The molecule has 0 N–H and O–H groups in total. The van der Waals surface area contributed by atoms with Gasteiger partial charge in [-0.3, -0.25) is 9.78 Å². The van der Waals surface area contributed by atoms with Crippen LogP contribution in [0.4, 0.5) is 5.69 Å². The van der Waals surface area contributed by atoms with Crippen LogP contribution in [0.25, 0.3) is 5.69 Å². The zero-order chi connectivity index (χ0) is 16.8. The van der Waals surface area contributed by atoms with Gasteiger partial charge in [-0.2, -0.15) is 16.9 Å². The first kappa shape index (κ1) is 17.8. The second kappa shape index (κ2) is 8.36. The van der Waals surface area contributed by atoms with E-state index in [1.807, 2.05) is 25.3 Å². The lowest BCUT2D eigenvalue weighted by Gasteiger charge is -2.27. The van der Waals surface area contributed by atoms with Gasteiger partial charge < -0.3 is 4.90 Å². The van der Waals surface area contributed by atoms with Crippen molar-refractivity contribution in [2.75, 3.05) is 16.9 Å². The molecule has 0 saturated heterocycles. The maximum atomic E-state index is 12.6. The van der Waals surface area contributed by atoms with Crippen molar-refractivity contribution < 1.29 is 4.79 Å². The van der Waals surface area contributed by atoms with Gasteiger partial charge in [0.15, 0.2) is 5.15 Å². The molecular formula is C16H21ClN4OS. The number of hydrogen-bond acceptors (Lipinski definition) is 4. The predicted molar refractivity (Wildman–Crippen MR) is 96.6 cm³/mol. The largest absolute Gasteiger partial charge is 0.305 e. The van der Waals surface area contributed by atoms with Crippen LogP contribution in [0.5, 0.6) is 0 Å². The minimum absolute atomic E-state index is 0.0633. The topological polar surface area (TPSA) is 51.0 Å². The van der Waals surface area contributed by atoms with Crippen molar-refractivity contribution in [3.05, 3.63) is 35.9 Å². The number of carbonyl (C=O) groups is 1. The van der Waals surface area contributed by atoms with Crippen LogP contribution in [0, 0.1) is 0 Å². The van der Waals surface area contributed by atoms with E-state index in [0.717, 1.165) is 17.9 Å². The number of aromatic nitrogens is 3. The number of halogens is 1. The summed E-state index contributed by atoms with van der Waals surface area (Å²) in [5.41, 5.74) is 1.46. The van der Waals surface area contributed by atoms with Crippen LogP contribution < -0.4 is 4.90 Å². The number of amides is 1. The second-order valence-electron chi connectivity index (χ2n) is 5.22. The summed E-state index contributed by atoms with van der Waals surface area (Å²) < 4.78 is 1.65. The third kappa shape index (κ3) is 4.26. The van der Waals surface area contributed by atoms with Crippen LogP contribution in [0.1, 0.15) is 26.7 Å². The van der Waals surface area contributed by atoms with Crippen LogP contribution in [-0.4, -0.2) is 38.7 Å². The van der Waals surface area contributed by atoms with E-state index in [1.54, 1.807) is 39.9 Å². The zero-order valence-electron chi connectivity index (χ0n) is 13.6. The highest BCUT2D eigenvalue weighted by atomic mass is 35.5. The van der Waals surface area contributed by atoms with Gasteiger partial charge in [0.2, 0.25) is 5.91 Å². The Balaban J connectivity index is 2.35. The number of pyridine rings is 1. The summed E-state index contributed by atoms with van der Waals surface area (Å²) in [5, 5.41) is 4.65. The highest BCUT2D eigenvalue weighted by Crippen LogP contribution is 2.29. The van der Waals surface area contributed by atoms with Crippen LogP contribution in [-0.2, 0) is 4.79 Å². The molecule has 0 radical (unpaired) electrons. The van der Waals surface area contributed by atoms with Gasteiger partial charge in [0.1, 0.15) is 5.69 Å². The molecular weight excluding hydrogens is 332 g/mol. The van der Waals surface area contributed by atoms with E-state index in [2.05, 4.69) is 17.0 Å². The molecule has 0 bridgehead atoms. The minimum atomic E-state index is 0.0633. The van der Waals surface area contributed by atoms with Gasteiger partial charge in [0, 0.05) is 24.4 Å². The highest BCUT2D eigenvalue weighted by Gasteiger charge is 2.25. The molecule has 5 nitrogen and oxygen atoms in total. The fraction of sp³-hybridized carbons (Fsp3) is 0.438. The molecule has 2 rings (SSSR count). The molecule has 2 aromatic rings. The Morgan fingerprint density at radius 2 is 2.30 bits per heavy atom. The maximum Gasteiger partial charge on any atom is 0.228 e. The molecule has 0 aliphatic heterocycles. The summed E-state index contributed by atoms with van der Waals surface area (Å²) in [7, 11) is 0. The van der Waals surface area contributed by atoms with Crippen LogP contribution in [0.15, 0.2) is 30.7 Å². The third-order valence-electron chi connectivity index (χ3n) is 3.64. The Morgan fingerprint density at radius 3 is 2.91 bits per heavy atom. The molecule has 0 fully saturated rings. The number of nitrogens with zero attached hydrogens (tertiary/aromatic N) is 4. The van der Waals surface area contributed by atoms with Gasteiger partial charge in [-0.15, -0.1) is 0 Å². The van der Waals surface area contributed by atoms with Gasteiger partial charge >= 0.3 is 0 Å². The first-order valence-electron chi connectivity index (χ1n) is 7.55. The first-order chi connectivity index (χ1) is 11.1. The zero-order valence-corrected chi connectivity index (χ0v) is 15.1. The van der Waals surface area contributed by atoms with Gasteiger partial charge in [-0.1, -0.05) is 18.5 Å². The standard InChI is InChI=1S/C16H21ClN4OS/c1-4-12(2)21(15(22)7-9-23-3)14-11-20(19-16(14)17)13-6-5-8-18-10-13/h5-6,8,10-12H,4,7,9H2,1-3H3. The SMILES string of the molecule is CCC(C)N(C(=O)CCSC)c1cn(-c2cccnc2)nc1Cl. The van der Waals surface area contributed by atoms with E-state index in [0.29, 0.717) is 17.3 Å². The van der Waals surface area contributed by atoms with Crippen LogP contribution in [0.2, 0.25) is 5.15 Å². The van der Waals surface area contributed by atoms with Gasteiger partial charge in [0.05, 0.1) is 18.1 Å². The summed E-state index contributed by atoms with van der Waals surface area (Å²) in [4.78, 5) is 18.5. The van der Waals surface area contributed by atoms with Crippen molar-refractivity contribution >= 4 is 35.0 Å². The average molecular weight is 353 g/mol. The lowest BCUT2D eigenvalue weighted by molar-refractivity contribution is -0.118. The molecule has 1 atom stereocenters. The molecule has 0 aromatic carbocycles. The second-order valence-corrected chi connectivity index (χ2v) is 6.57. The molecule has 0 aliphatic carbocycles. The van der Waals surface area contributed by atoms with Crippen LogP contribution in [0.3, 0.4) is 0 Å². The average Bonchev–Trinajstić information content (AvgIpc) is 2.95. The van der Waals surface area contributed by atoms with E-state index >= 15 is 0 Å². The Labute approximate surface area is 146 Å². The van der Waals surface area contributed by atoms with E-state index in [1.165, 1.54) is 0 Å². The smallest absolute Gasteiger partial charge is 0.228 e. The van der Waals surface area contributed by atoms with E-state index in [-0.39, 0.29) is 11.9 Å². The van der Waals surface area contributed by atoms with Crippen LogP contribution >= 0.6 is 23.4 Å².